The highest BCUT2D eigenvalue weighted by atomic mass is 79.9. The summed E-state index contributed by atoms with van der Waals surface area (Å²) in [6, 6.07) is 9.05. The Bertz CT molecular complexity index is 1120. The number of methoxy groups -OCH3 is 1. The molecule has 3 rings (SSSR count). The van der Waals surface area contributed by atoms with Crippen molar-refractivity contribution in [2.24, 2.45) is 0 Å². The van der Waals surface area contributed by atoms with Crippen molar-refractivity contribution in [2.45, 2.75) is 6.92 Å². The summed E-state index contributed by atoms with van der Waals surface area (Å²) in [6.07, 6.45) is 0. The topological polar surface area (TPSA) is 121 Å². The van der Waals surface area contributed by atoms with E-state index in [1.807, 2.05) is 6.07 Å². The fraction of sp³-hybridized carbons (Fsp3) is 0.158. The number of rotatable bonds is 6. The Morgan fingerprint density at radius 2 is 2.00 bits per heavy atom. The van der Waals surface area contributed by atoms with Gasteiger partial charge in [0.25, 0.3) is 11.6 Å². The summed E-state index contributed by atoms with van der Waals surface area (Å²) < 4.78 is 16.4. The van der Waals surface area contributed by atoms with Gasteiger partial charge in [-0.15, -0.1) is 0 Å². The van der Waals surface area contributed by atoms with Crippen LogP contribution in [-0.2, 0) is 9.53 Å². The molecule has 0 aliphatic heterocycles. The van der Waals surface area contributed by atoms with Gasteiger partial charge in [-0.25, -0.2) is 4.79 Å². The van der Waals surface area contributed by atoms with Crippen LogP contribution in [0.15, 0.2) is 45.3 Å². The molecule has 29 heavy (non-hydrogen) atoms. The molecule has 0 aliphatic rings. The van der Waals surface area contributed by atoms with Crippen molar-refractivity contribution in [3.63, 3.8) is 0 Å². The molecule has 1 heterocycles. The number of nitrogens with one attached hydrogen (secondary N) is 1. The highest BCUT2D eigenvalue weighted by Gasteiger charge is 2.21. The van der Waals surface area contributed by atoms with Gasteiger partial charge in [0.1, 0.15) is 11.3 Å². The van der Waals surface area contributed by atoms with Gasteiger partial charge in [-0.2, -0.15) is 0 Å². The first kappa shape index (κ1) is 20.3. The van der Waals surface area contributed by atoms with Crippen LogP contribution in [0.3, 0.4) is 0 Å². The Balaban J connectivity index is 1.67. The van der Waals surface area contributed by atoms with E-state index in [1.165, 1.54) is 25.3 Å². The minimum atomic E-state index is -0.777. The van der Waals surface area contributed by atoms with Crippen LogP contribution in [0, 0.1) is 17.0 Å². The lowest BCUT2D eigenvalue weighted by molar-refractivity contribution is -0.384. The first-order valence-electron chi connectivity index (χ1n) is 8.28. The number of hydrogen-bond acceptors (Lipinski definition) is 7. The van der Waals surface area contributed by atoms with Gasteiger partial charge in [0.2, 0.25) is 5.76 Å². The highest BCUT2D eigenvalue weighted by molar-refractivity contribution is 9.10. The van der Waals surface area contributed by atoms with Crippen LogP contribution in [0.2, 0.25) is 0 Å². The monoisotopic (exact) mass is 462 g/mol. The van der Waals surface area contributed by atoms with Crippen molar-refractivity contribution in [2.75, 3.05) is 19.0 Å². The number of nitrogens with zero attached hydrogens (tertiary/aromatic N) is 1. The molecule has 0 radical (unpaired) electrons. The molecule has 0 bridgehead atoms. The first-order chi connectivity index (χ1) is 13.8. The number of ether oxygens (including phenoxy) is 2. The van der Waals surface area contributed by atoms with E-state index in [0.717, 1.165) is 9.86 Å². The van der Waals surface area contributed by atoms with Crippen molar-refractivity contribution < 1.29 is 28.4 Å². The molecule has 0 unspecified atom stereocenters. The number of furan rings is 1. The lowest BCUT2D eigenvalue weighted by atomic mass is 10.1. The highest BCUT2D eigenvalue weighted by Crippen LogP contribution is 2.30. The van der Waals surface area contributed by atoms with Crippen molar-refractivity contribution in [3.05, 3.63) is 62.3 Å². The van der Waals surface area contributed by atoms with Gasteiger partial charge in [0.15, 0.2) is 6.61 Å². The standard InChI is InChI=1S/C19H15BrN2O7/c1-10-13-7-11(20)3-6-15(13)29-18(10)19(24)28-9-17(23)21-14-5-4-12(22(25)26)8-16(14)27-2/h3-8H,9H2,1-2H3,(H,21,23). The van der Waals surface area contributed by atoms with Gasteiger partial charge in [0, 0.05) is 21.5 Å². The van der Waals surface area contributed by atoms with Gasteiger partial charge >= 0.3 is 5.97 Å². The van der Waals surface area contributed by atoms with Crippen LogP contribution in [-0.4, -0.2) is 30.5 Å². The molecule has 1 aromatic heterocycles. The van der Waals surface area contributed by atoms with Crippen LogP contribution in [0.1, 0.15) is 16.1 Å². The first-order valence-corrected chi connectivity index (χ1v) is 9.07. The molecule has 0 fully saturated rings. The number of hydrogen-bond donors (Lipinski definition) is 1. The number of benzene rings is 2. The van der Waals surface area contributed by atoms with Crippen LogP contribution < -0.4 is 10.1 Å². The molecule has 0 saturated heterocycles. The Morgan fingerprint density at radius 1 is 1.24 bits per heavy atom. The zero-order chi connectivity index (χ0) is 21.1. The number of esters is 1. The molecule has 3 aromatic rings. The molecule has 1 N–H and O–H groups in total. The van der Waals surface area contributed by atoms with Crippen molar-refractivity contribution >= 4 is 50.2 Å². The smallest absolute Gasteiger partial charge is 0.375 e. The Hall–Kier alpha value is -3.40. The van der Waals surface area contributed by atoms with E-state index < -0.39 is 23.4 Å². The summed E-state index contributed by atoms with van der Waals surface area (Å²) in [5.74, 6) is -1.29. The normalized spacial score (nSPS) is 10.6. The van der Waals surface area contributed by atoms with Crippen LogP contribution in [0.4, 0.5) is 11.4 Å². The van der Waals surface area contributed by atoms with E-state index in [1.54, 1.807) is 19.1 Å². The third-order valence-electron chi connectivity index (χ3n) is 4.09. The summed E-state index contributed by atoms with van der Waals surface area (Å²) in [7, 11) is 1.32. The van der Waals surface area contributed by atoms with Crippen LogP contribution in [0.25, 0.3) is 11.0 Å². The predicted octanol–water partition coefficient (Wildman–Crippen LogP) is 4.22. The van der Waals surface area contributed by atoms with E-state index in [-0.39, 0.29) is 22.9 Å². The molecule has 0 saturated carbocycles. The van der Waals surface area contributed by atoms with E-state index >= 15 is 0 Å². The second-order valence-corrected chi connectivity index (χ2v) is 6.88. The second-order valence-electron chi connectivity index (χ2n) is 5.96. The SMILES string of the molecule is COc1cc([N+](=O)[O-])ccc1NC(=O)COC(=O)c1oc2ccc(Br)cc2c1C. The van der Waals surface area contributed by atoms with E-state index in [9.17, 15) is 19.7 Å². The van der Waals surface area contributed by atoms with Gasteiger partial charge < -0.3 is 19.2 Å². The predicted molar refractivity (Wildman–Crippen MR) is 107 cm³/mol. The molecule has 0 atom stereocenters. The molecule has 0 spiro atoms. The average molecular weight is 463 g/mol. The molecule has 10 heteroatoms. The molecular formula is C19H15BrN2O7. The number of carbonyl (C=O) groups is 2. The Labute approximate surface area is 172 Å². The number of anilines is 1. The third-order valence-corrected chi connectivity index (χ3v) is 4.58. The summed E-state index contributed by atoms with van der Waals surface area (Å²) >= 11 is 3.36. The number of fused-ring (bicyclic) bond motifs is 1. The molecule has 9 nitrogen and oxygen atoms in total. The number of nitro benzene ring substituents is 1. The van der Waals surface area contributed by atoms with E-state index in [4.69, 9.17) is 13.9 Å². The number of aryl methyl sites for hydroxylation is 1. The fourth-order valence-electron chi connectivity index (χ4n) is 2.67. The van der Waals surface area contributed by atoms with Crippen molar-refractivity contribution in [1.29, 1.82) is 0 Å². The quantitative estimate of drug-likeness (QED) is 0.330. The lowest BCUT2D eigenvalue weighted by Gasteiger charge is -2.10. The molecule has 1 amide bonds. The number of nitro groups is 1. The summed E-state index contributed by atoms with van der Waals surface area (Å²) in [4.78, 5) is 34.7. The second kappa shape index (κ2) is 8.31. The third kappa shape index (κ3) is 4.37. The molecule has 150 valence electrons. The lowest BCUT2D eigenvalue weighted by Crippen LogP contribution is -2.21. The Kier molecular flexibility index (Phi) is 5.83. The zero-order valence-electron chi connectivity index (χ0n) is 15.4. The van der Waals surface area contributed by atoms with Gasteiger partial charge in [0.05, 0.1) is 23.8 Å². The van der Waals surface area contributed by atoms with Crippen LogP contribution in [0.5, 0.6) is 5.75 Å². The minimum Gasteiger partial charge on any atom is -0.494 e. The molecule has 0 aliphatic carbocycles. The fourth-order valence-corrected chi connectivity index (χ4v) is 3.03. The maximum absolute atomic E-state index is 12.3. The minimum absolute atomic E-state index is 0.0128. The Morgan fingerprint density at radius 3 is 2.69 bits per heavy atom. The average Bonchev–Trinajstić information content (AvgIpc) is 3.02. The molecular weight excluding hydrogens is 448 g/mol. The maximum Gasteiger partial charge on any atom is 0.375 e. The van der Waals surface area contributed by atoms with Crippen molar-refractivity contribution in [1.82, 2.24) is 0 Å². The van der Waals surface area contributed by atoms with E-state index in [0.29, 0.717) is 11.1 Å². The number of carbonyl (C=O) groups excluding carboxylic acids is 2. The number of non-ortho nitro benzene ring substituents is 1. The summed E-state index contributed by atoms with van der Waals surface area (Å²) in [5.41, 5.74) is 1.16. The van der Waals surface area contributed by atoms with Gasteiger partial charge in [-0.1, -0.05) is 15.9 Å². The number of halogens is 1. The zero-order valence-corrected chi connectivity index (χ0v) is 16.9. The molecule has 2 aromatic carbocycles. The number of amides is 1. The summed E-state index contributed by atoms with van der Waals surface area (Å²) in [5, 5.41) is 14.1. The summed E-state index contributed by atoms with van der Waals surface area (Å²) in [6.45, 7) is 1.15. The maximum atomic E-state index is 12.3. The van der Waals surface area contributed by atoms with Crippen molar-refractivity contribution in [3.8, 4) is 5.75 Å². The van der Waals surface area contributed by atoms with Crippen LogP contribution >= 0.6 is 15.9 Å². The largest absolute Gasteiger partial charge is 0.494 e. The van der Waals surface area contributed by atoms with E-state index in [2.05, 4.69) is 21.2 Å². The van der Waals surface area contributed by atoms with Gasteiger partial charge in [-0.05, 0) is 31.2 Å². The van der Waals surface area contributed by atoms with Gasteiger partial charge in [-0.3, -0.25) is 14.9 Å².